The molecular weight excluding hydrogens is 266 g/mol. The van der Waals surface area contributed by atoms with Gasteiger partial charge in [-0.1, -0.05) is 0 Å². The lowest BCUT2D eigenvalue weighted by atomic mass is 10.2. The molecule has 0 saturated carbocycles. The van der Waals surface area contributed by atoms with Crippen LogP contribution in [0.4, 0.5) is 5.82 Å². The molecule has 0 radical (unpaired) electrons. The lowest BCUT2D eigenvalue weighted by Gasteiger charge is -2.12. The summed E-state index contributed by atoms with van der Waals surface area (Å²) >= 11 is 0. The van der Waals surface area contributed by atoms with E-state index in [1.54, 1.807) is 12.4 Å². The van der Waals surface area contributed by atoms with Crippen molar-refractivity contribution in [3.8, 4) is 5.75 Å². The molecular formula is C15H17N5O. The summed E-state index contributed by atoms with van der Waals surface area (Å²) in [6.45, 7) is 1.75. The molecule has 1 saturated heterocycles. The van der Waals surface area contributed by atoms with Crippen molar-refractivity contribution < 1.29 is 4.74 Å². The summed E-state index contributed by atoms with van der Waals surface area (Å²) in [4.78, 5) is 11.7. The van der Waals surface area contributed by atoms with Gasteiger partial charge in [0.1, 0.15) is 23.8 Å². The van der Waals surface area contributed by atoms with Gasteiger partial charge in [0.05, 0.1) is 17.1 Å². The maximum Gasteiger partial charge on any atom is 0.142 e. The third-order valence-corrected chi connectivity index (χ3v) is 3.96. The molecule has 6 nitrogen and oxygen atoms in total. The first-order valence-corrected chi connectivity index (χ1v) is 7.19. The Morgan fingerprint density at radius 2 is 2.33 bits per heavy atom. The Bertz CT molecular complexity index is 791. The molecule has 3 aromatic rings. The Morgan fingerprint density at radius 3 is 3.19 bits per heavy atom. The molecule has 108 valence electrons. The Labute approximate surface area is 121 Å². The monoisotopic (exact) mass is 283 g/mol. The van der Waals surface area contributed by atoms with Gasteiger partial charge in [-0.25, -0.2) is 9.97 Å². The van der Waals surface area contributed by atoms with Crippen LogP contribution in [0, 0.1) is 0 Å². The quantitative estimate of drug-likeness (QED) is 0.682. The molecule has 1 aliphatic heterocycles. The van der Waals surface area contributed by atoms with Crippen molar-refractivity contribution in [2.45, 2.75) is 18.9 Å². The number of pyridine rings is 2. The topological polar surface area (TPSA) is 88.9 Å². The minimum atomic E-state index is 0.435. The number of H-pyrrole nitrogens is 1. The number of aromatic nitrogens is 3. The molecule has 4 rings (SSSR count). The number of anilines is 1. The normalized spacial score (nSPS) is 18.6. The van der Waals surface area contributed by atoms with Crippen LogP contribution in [-0.2, 0) is 0 Å². The molecule has 0 spiro atoms. The van der Waals surface area contributed by atoms with Gasteiger partial charge in [0, 0.05) is 17.6 Å². The average molecular weight is 283 g/mol. The van der Waals surface area contributed by atoms with Gasteiger partial charge in [0.15, 0.2) is 0 Å². The van der Waals surface area contributed by atoms with Crippen LogP contribution in [0.2, 0.25) is 0 Å². The summed E-state index contributed by atoms with van der Waals surface area (Å²) in [7, 11) is 0. The van der Waals surface area contributed by atoms with Crippen LogP contribution in [0.25, 0.3) is 21.9 Å². The van der Waals surface area contributed by atoms with E-state index in [-0.39, 0.29) is 0 Å². The number of hydrogen-bond acceptors (Lipinski definition) is 5. The highest BCUT2D eigenvalue weighted by molar-refractivity contribution is 6.09. The number of nitrogens with one attached hydrogen (secondary N) is 2. The molecule has 1 aliphatic rings. The number of nitrogens with zero attached hydrogens (tertiary/aromatic N) is 2. The fourth-order valence-electron chi connectivity index (χ4n) is 2.91. The van der Waals surface area contributed by atoms with Crippen LogP contribution in [0.15, 0.2) is 24.5 Å². The smallest absolute Gasteiger partial charge is 0.142 e. The van der Waals surface area contributed by atoms with Crippen molar-refractivity contribution in [3.63, 3.8) is 0 Å². The van der Waals surface area contributed by atoms with Crippen LogP contribution in [-0.4, -0.2) is 34.1 Å². The van der Waals surface area contributed by atoms with Crippen molar-refractivity contribution in [1.29, 1.82) is 0 Å². The third-order valence-electron chi connectivity index (χ3n) is 3.96. The molecule has 0 unspecified atom stereocenters. The first-order valence-electron chi connectivity index (χ1n) is 7.19. The maximum atomic E-state index is 6.03. The number of rotatable bonds is 3. The Hall–Kier alpha value is -2.34. The fraction of sp³-hybridized carbons (Fsp3) is 0.333. The van der Waals surface area contributed by atoms with Gasteiger partial charge in [-0.2, -0.15) is 0 Å². The lowest BCUT2D eigenvalue weighted by Crippen LogP contribution is -2.28. The molecule has 0 bridgehead atoms. The maximum absolute atomic E-state index is 6.03. The molecule has 4 heterocycles. The largest absolute Gasteiger partial charge is 0.491 e. The SMILES string of the molecule is Nc1cc2c(cn1)[nH]c1nccc(OC[C@@H]3CCCN3)c12. The molecule has 0 aliphatic carbocycles. The van der Waals surface area contributed by atoms with Gasteiger partial charge in [-0.15, -0.1) is 0 Å². The van der Waals surface area contributed by atoms with Crippen molar-refractivity contribution in [2.24, 2.45) is 0 Å². The molecule has 0 aromatic carbocycles. The summed E-state index contributed by atoms with van der Waals surface area (Å²) in [5, 5.41) is 5.41. The predicted molar refractivity (Wildman–Crippen MR) is 82.3 cm³/mol. The molecule has 0 amide bonds. The highest BCUT2D eigenvalue weighted by atomic mass is 16.5. The highest BCUT2D eigenvalue weighted by Gasteiger charge is 2.16. The van der Waals surface area contributed by atoms with E-state index in [4.69, 9.17) is 10.5 Å². The minimum Gasteiger partial charge on any atom is -0.491 e. The van der Waals surface area contributed by atoms with Gasteiger partial charge in [0.25, 0.3) is 0 Å². The standard InChI is InChI=1S/C15H17N5O/c16-13-6-10-11(7-19-13)20-15-14(10)12(3-5-18-15)21-8-9-2-1-4-17-9/h3,5-7,9,17H,1-2,4,8H2,(H2,16,19)(H,18,20)/t9-/m0/s1. The molecule has 4 N–H and O–H groups in total. The lowest BCUT2D eigenvalue weighted by molar-refractivity contribution is 0.280. The molecule has 1 atom stereocenters. The van der Waals surface area contributed by atoms with Crippen molar-refractivity contribution in [1.82, 2.24) is 20.3 Å². The van der Waals surface area contributed by atoms with Crippen LogP contribution in [0.1, 0.15) is 12.8 Å². The first kappa shape index (κ1) is 12.4. The summed E-state index contributed by atoms with van der Waals surface area (Å²) in [5.41, 5.74) is 7.52. The summed E-state index contributed by atoms with van der Waals surface area (Å²) in [5.74, 6) is 1.33. The van der Waals surface area contributed by atoms with E-state index in [2.05, 4.69) is 20.3 Å². The van der Waals surface area contributed by atoms with Crippen LogP contribution in [0.3, 0.4) is 0 Å². The highest BCUT2D eigenvalue weighted by Crippen LogP contribution is 2.32. The molecule has 21 heavy (non-hydrogen) atoms. The Kier molecular flexibility index (Phi) is 2.89. The Morgan fingerprint density at radius 1 is 1.38 bits per heavy atom. The summed E-state index contributed by atoms with van der Waals surface area (Å²) in [6.07, 6.45) is 5.87. The van der Waals surface area contributed by atoms with Crippen LogP contribution >= 0.6 is 0 Å². The number of fused-ring (bicyclic) bond motifs is 3. The van der Waals surface area contributed by atoms with Gasteiger partial charge >= 0.3 is 0 Å². The van der Waals surface area contributed by atoms with E-state index in [0.717, 1.165) is 34.2 Å². The van der Waals surface area contributed by atoms with E-state index in [0.29, 0.717) is 18.5 Å². The zero-order valence-electron chi connectivity index (χ0n) is 11.6. The van der Waals surface area contributed by atoms with E-state index in [1.807, 2.05) is 12.1 Å². The fourth-order valence-corrected chi connectivity index (χ4v) is 2.91. The predicted octanol–water partition coefficient (Wildman–Crippen LogP) is 1.82. The van der Waals surface area contributed by atoms with Crippen molar-refractivity contribution >= 4 is 27.8 Å². The van der Waals surface area contributed by atoms with Crippen molar-refractivity contribution in [2.75, 3.05) is 18.9 Å². The Balaban J connectivity index is 1.76. The average Bonchev–Trinajstić information content (AvgIpc) is 3.12. The van der Waals surface area contributed by atoms with E-state index in [9.17, 15) is 0 Å². The second kappa shape index (κ2) is 4.89. The molecule has 1 fully saturated rings. The second-order valence-electron chi connectivity index (χ2n) is 5.42. The van der Waals surface area contributed by atoms with E-state index in [1.165, 1.54) is 12.8 Å². The van der Waals surface area contributed by atoms with Crippen molar-refractivity contribution in [3.05, 3.63) is 24.5 Å². The summed E-state index contributed by atoms with van der Waals surface area (Å²) in [6, 6.07) is 4.20. The zero-order valence-corrected chi connectivity index (χ0v) is 11.6. The molecule has 6 heteroatoms. The van der Waals surface area contributed by atoms with Gasteiger partial charge < -0.3 is 20.8 Å². The van der Waals surface area contributed by atoms with Gasteiger partial charge in [-0.3, -0.25) is 0 Å². The number of hydrogen-bond donors (Lipinski definition) is 3. The first-order chi connectivity index (χ1) is 10.3. The molecule has 3 aromatic heterocycles. The number of nitrogen functional groups attached to an aromatic ring is 1. The number of ether oxygens (including phenoxy) is 1. The zero-order chi connectivity index (χ0) is 14.2. The second-order valence-corrected chi connectivity index (χ2v) is 5.42. The number of aromatic amines is 1. The van der Waals surface area contributed by atoms with Gasteiger partial charge in [0.2, 0.25) is 0 Å². The third kappa shape index (κ3) is 2.17. The van der Waals surface area contributed by atoms with E-state index >= 15 is 0 Å². The number of nitrogens with two attached hydrogens (primary N) is 1. The van der Waals surface area contributed by atoms with Crippen LogP contribution < -0.4 is 15.8 Å². The van der Waals surface area contributed by atoms with Crippen LogP contribution in [0.5, 0.6) is 5.75 Å². The van der Waals surface area contributed by atoms with E-state index < -0.39 is 0 Å². The van der Waals surface area contributed by atoms with Gasteiger partial charge in [-0.05, 0) is 31.5 Å². The summed E-state index contributed by atoms with van der Waals surface area (Å²) < 4.78 is 6.03. The minimum absolute atomic E-state index is 0.435.